The highest BCUT2D eigenvalue weighted by Crippen LogP contribution is 2.31. The molecule has 0 bridgehead atoms. The molecule has 1 aliphatic rings. The van der Waals surface area contributed by atoms with E-state index in [1.54, 1.807) is 18.2 Å². The van der Waals surface area contributed by atoms with Crippen LogP contribution in [-0.4, -0.2) is 71.8 Å². The minimum Gasteiger partial charge on any atom is -0.497 e. The van der Waals surface area contributed by atoms with Crippen LogP contribution in [0.5, 0.6) is 11.6 Å². The van der Waals surface area contributed by atoms with E-state index in [0.717, 1.165) is 23.4 Å². The van der Waals surface area contributed by atoms with Crippen LogP contribution in [-0.2, 0) is 6.54 Å². The maximum Gasteiger partial charge on any atom is 0.259 e. The summed E-state index contributed by atoms with van der Waals surface area (Å²) >= 11 is 0. The Hall–Kier alpha value is -3.42. The molecule has 0 saturated carbocycles. The van der Waals surface area contributed by atoms with E-state index in [1.165, 1.54) is 5.56 Å². The molecule has 0 saturated heterocycles. The third-order valence-electron chi connectivity index (χ3n) is 6.71. The zero-order chi connectivity index (χ0) is 25.7. The molecule has 3 atom stereocenters. The van der Waals surface area contributed by atoms with E-state index in [4.69, 9.17) is 9.47 Å². The fourth-order valence-corrected chi connectivity index (χ4v) is 4.55. The van der Waals surface area contributed by atoms with Gasteiger partial charge in [0.05, 0.1) is 19.8 Å². The molecule has 190 valence electrons. The van der Waals surface area contributed by atoms with Gasteiger partial charge in [-0.05, 0) is 43.3 Å². The van der Waals surface area contributed by atoms with Crippen molar-refractivity contribution in [1.82, 2.24) is 14.8 Å². The van der Waals surface area contributed by atoms with Crippen molar-refractivity contribution in [3.63, 3.8) is 0 Å². The SMILES string of the molecule is COc1cccc(-c2cnc3c(c2)C(=O)N([C@H](C)CO)C[C@H](C)[C@H](CN(C)Cc2ccccc2)O3)c1. The Bertz CT molecular complexity index is 1170. The molecule has 1 N–H and O–H groups in total. The fraction of sp³-hybridized carbons (Fsp3) is 0.379. The number of benzene rings is 2. The minimum absolute atomic E-state index is 0.0363. The number of carbonyl (C=O) groups excluding carboxylic acids is 1. The number of amides is 1. The van der Waals surface area contributed by atoms with Gasteiger partial charge in [0.15, 0.2) is 0 Å². The van der Waals surface area contributed by atoms with Crippen molar-refractivity contribution in [3.8, 4) is 22.8 Å². The quantitative estimate of drug-likeness (QED) is 0.513. The van der Waals surface area contributed by atoms with Crippen LogP contribution in [0.4, 0.5) is 0 Å². The summed E-state index contributed by atoms with van der Waals surface area (Å²) in [7, 11) is 3.70. The van der Waals surface area contributed by atoms with E-state index < -0.39 is 0 Å². The number of aromatic nitrogens is 1. The van der Waals surface area contributed by atoms with Crippen molar-refractivity contribution in [3.05, 3.63) is 78.0 Å². The minimum atomic E-state index is -0.325. The molecular formula is C29H35N3O4. The van der Waals surface area contributed by atoms with Crippen molar-refractivity contribution in [2.75, 3.05) is 33.9 Å². The lowest BCUT2D eigenvalue weighted by Gasteiger charge is -2.37. The number of aliphatic hydroxyl groups is 1. The molecule has 1 amide bonds. The molecule has 0 fully saturated rings. The maximum atomic E-state index is 13.7. The van der Waals surface area contributed by atoms with Crippen LogP contribution in [0.1, 0.15) is 29.8 Å². The standard InChI is InChI=1S/C29H35N3O4/c1-20-16-32(21(2)19-33)29(34)26-14-24(23-11-8-12-25(13-23)35-4)15-30-28(26)36-27(20)18-31(3)17-22-9-6-5-7-10-22/h5-15,20-21,27,33H,16-19H2,1-4H3/t20-,21+,27-/m0/s1. The summed E-state index contributed by atoms with van der Waals surface area (Å²) in [6.07, 6.45) is 1.55. The molecule has 7 nitrogen and oxygen atoms in total. The van der Waals surface area contributed by atoms with E-state index in [0.29, 0.717) is 24.5 Å². The normalized spacial score (nSPS) is 18.7. The Labute approximate surface area is 213 Å². The number of hydrogen-bond acceptors (Lipinski definition) is 6. The topological polar surface area (TPSA) is 75.1 Å². The fourth-order valence-electron chi connectivity index (χ4n) is 4.55. The number of nitrogens with zero attached hydrogens (tertiary/aromatic N) is 3. The van der Waals surface area contributed by atoms with Crippen LogP contribution in [0.2, 0.25) is 0 Å². The van der Waals surface area contributed by atoms with Crippen molar-refractivity contribution in [1.29, 1.82) is 0 Å². The number of methoxy groups -OCH3 is 1. The number of rotatable bonds is 8. The third kappa shape index (κ3) is 5.86. The van der Waals surface area contributed by atoms with Crippen LogP contribution in [0.25, 0.3) is 11.1 Å². The highest BCUT2D eigenvalue weighted by molar-refractivity contribution is 5.98. The van der Waals surface area contributed by atoms with E-state index in [2.05, 4.69) is 36.0 Å². The van der Waals surface area contributed by atoms with Gasteiger partial charge in [0.2, 0.25) is 5.88 Å². The third-order valence-corrected chi connectivity index (χ3v) is 6.71. The van der Waals surface area contributed by atoms with E-state index >= 15 is 0 Å². The van der Waals surface area contributed by atoms with Crippen LogP contribution in [0, 0.1) is 5.92 Å². The first kappa shape index (κ1) is 25.7. The second-order valence-electron chi connectivity index (χ2n) is 9.61. The van der Waals surface area contributed by atoms with Crippen LogP contribution in [0.15, 0.2) is 66.9 Å². The summed E-state index contributed by atoms with van der Waals surface area (Å²) in [4.78, 5) is 22.2. The van der Waals surface area contributed by atoms with Crippen LogP contribution in [0.3, 0.4) is 0 Å². The predicted molar refractivity (Wildman–Crippen MR) is 140 cm³/mol. The van der Waals surface area contributed by atoms with Gasteiger partial charge in [-0.2, -0.15) is 0 Å². The van der Waals surface area contributed by atoms with E-state index in [1.807, 2.05) is 55.5 Å². The Morgan fingerprint density at radius 1 is 1.17 bits per heavy atom. The molecule has 1 aliphatic heterocycles. The average molecular weight is 490 g/mol. The number of carbonyl (C=O) groups is 1. The summed E-state index contributed by atoms with van der Waals surface area (Å²) < 4.78 is 11.8. The molecule has 0 aliphatic carbocycles. The Kier molecular flexibility index (Phi) is 8.23. The molecule has 4 rings (SSSR count). The van der Waals surface area contributed by atoms with Gasteiger partial charge >= 0.3 is 0 Å². The molecular weight excluding hydrogens is 454 g/mol. The number of ether oxygens (including phenoxy) is 2. The molecule has 36 heavy (non-hydrogen) atoms. The smallest absolute Gasteiger partial charge is 0.259 e. The summed E-state index contributed by atoms with van der Waals surface area (Å²) in [5.74, 6) is 0.903. The highest BCUT2D eigenvalue weighted by atomic mass is 16.5. The number of likely N-dealkylation sites (N-methyl/N-ethyl adjacent to an activating group) is 1. The van der Waals surface area contributed by atoms with E-state index in [9.17, 15) is 9.90 Å². The van der Waals surface area contributed by atoms with Gasteiger partial charge in [-0.25, -0.2) is 4.98 Å². The molecule has 0 unspecified atom stereocenters. The zero-order valence-corrected chi connectivity index (χ0v) is 21.4. The van der Waals surface area contributed by atoms with Gasteiger partial charge in [-0.15, -0.1) is 0 Å². The van der Waals surface area contributed by atoms with Crippen LogP contribution >= 0.6 is 0 Å². The molecule has 2 heterocycles. The van der Waals surface area contributed by atoms with Gasteiger partial charge in [0, 0.05) is 37.3 Å². The van der Waals surface area contributed by atoms with Gasteiger partial charge in [-0.3, -0.25) is 9.69 Å². The van der Waals surface area contributed by atoms with Crippen LogP contribution < -0.4 is 9.47 Å². The van der Waals surface area contributed by atoms with Gasteiger partial charge in [0.1, 0.15) is 17.4 Å². The lowest BCUT2D eigenvalue weighted by atomic mass is 9.99. The number of hydrogen-bond donors (Lipinski definition) is 1. The molecule has 0 spiro atoms. The van der Waals surface area contributed by atoms with E-state index in [-0.39, 0.29) is 30.6 Å². The Balaban J connectivity index is 1.66. The van der Waals surface area contributed by atoms with Crippen molar-refractivity contribution in [2.24, 2.45) is 5.92 Å². The lowest BCUT2D eigenvalue weighted by molar-refractivity contribution is 0.0325. The van der Waals surface area contributed by atoms with Crippen molar-refractivity contribution >= 4 is 5.91 Å². The number of aliphatic hydroxyl groups excluding tert-OH is 1. The molecule has 3 aromatic rings. The lowest BCUT2D eigenvalue weighted by Crippen LogP contribution is -2.49. The monoisotopic (exact) mass is 489 g/mol. The average Bonchev–Trinajstić information content (AvgIpc) is 2.90. The Morgan fingerprint density at radius 3 is 2.67 bits per heavy atom. The first-order chi connectivity index (χ1) is 17.4. The summed E-state index contributed by atoms with van der Waals surface area (Å²) in [6, 6.07) is 19.5. The summed E-state index contributed by atoms with van der Waals surface area (Å²) in [5.41, 5.74) is 3.32. The largest absolute Gasteiger partial charge is 0.497 e. The number of fused-ring (bicyclic) bond motifs is 1. The second kappa shape index (κ2) is 11.5. The first-order valence-corrected chi connectivity index (χ1v) is 12.3. The number of pyridine rings is 1. The predicted octanol–water partition coefficient (Wildman–Crippen LogP) is 4.11. The van der Waals surface area contributed by atoms with Gasteiger partial charge in [-0.1, -0.05) is 49.4 Å². The molecule has 7 heteroatoms. The van der Waals surface area contributed by atoms with Crippen molar-refractivity contribution < 1.29 is 19.4 Å². The van der Waals surface area contributed by atoms with Crippen molar-refractivity contribution in [2.45, 2.75) is 32.5 Å². The molecule has 2 aromatic carbocycles. The molecule has 1 aromatic heterocycles. The first-order valence-electron chi connectivity index (χ1n) is 12.3. The summed E-state index contributed by atoms with van der Waals surface area (Å²) in [5, 5.41) is 9.90. The zero-order valence-electron chi connectivity index (χ0n) is 21.4. The summed E-state index contributed by atoms with van der Waals surface area (Å²) in [6.45, 7) is 5.77. The Morgan fingerprint density at radius 2 is 1.94 bits per heavy atom. The maximum absolute atomic E-state index is 13.7. The second-order valence-corrected chi connectivity index (χ2v) is 9.61. The van der Waals surface area contributed by atoms with Gasteiger partial charge in [0.25, 0.3) is 5.91 Å². The highest BCUT2D eigenvalue weighted by Gasteiger charge is 2.34. The molecule has 0 radical (unpaired) electrons. The van der Waals surface area contributed by atoms with Gasteiger partial charge < -0.3 is 19.5 Å².